The van der Waals surface area contributed by atoms with E-state index in [1.807, 2.05) is 19.1 Å². The highest BCUT2D eigenvalue weighted by atomic mass is 35.5. The predicted molar refractivity (Wildman–Crippen MR) is 100 cm³/mol. The molecule has 1 fully saturated rings. The smallest absolute Gasteiger partial charge is 0.257 e. The molecule has 0 saturated carbocycles. The lowest BCUT2D eigenvalue weighted by atomic mass is 10.1. The minimum Gasteiger partial charge on any atom is -0.334 e. The summed E-state index contributed by atoms with van der Waals surface area (Å²) in [5.41, 5.74) is 3.05. The van der Waals surface area contributed by atoms with Gasteiger partial charge in [0.05, 0.1) is 11.6 Å². The van der Waals surface area contributed by atoms with Gasteiger partial charge in [-0.1, -0.05) is 16.8 Å². The van der Waals surface area contributed by atoms with Gasteiger partial charge in [0, 0.05) is 35.2 Å². The second kappa shape index (κ2) is 6.86. The van der Waals surface area contributed by atoms with Crippen LogP contribution in [0.4, 0.5) is 5.69 Å². The van der Waals surface area contributed by atoms with Crippen molar-refractivity contribution in [1.82, 2.24) is 10.1 Å². The summed E-state index contributed by atoms with van der Waals surface area (Å²) in [4.78, 5) is 18.7. The van der Waals surface area contributed by atoms with Crippen molar-refractivity contribution in [3.63, 3.8) is 0 Å². The predicted octanol–water partition coefficient (Wildman–Crippen LogP) is 4.09. The van der Waals surface area contributed by atoms with E-state index in [1.54, 1.807) is 35.2 Å². The number of benzene rings is 2. The normalized spacial score (nSPS) is 16.6. The van der Waals surface area contributed by atoms with E-state index in [1.165, 1.54) is 0 Å². The van der Waals surface area contributed by atoms with Gasteiger partial charge >= 0.3 is 0 Å². The van der Waals surface area contributed by atoms with E-state index in [0.29, 0.717) is 35.3 Å². The van der Waals surface area contributed by atoms with Gasteiger partial charge in [-0.15, -0.1) is 0 Å². The van der Waals surface area contributed by atoms with Gasteiger partial charge in [-0.25, -0.2) is 0 Å². The Morgan fingerprint density at radius 1 is 1.26 bits per heavy atom. The van der Waals surface area contributed by atoms with Crippen molar-refractivity contribution >= 4 is 23.2 Å². The fraction of sp³-hybridized carbons (Fsp3) is 0.200. The van der Waals surface area contributed by atoms with Crippen LogP contribution in [0.5, 0.6) is 0 Å². The van der Waals surface area contributed by atoms with Crippen LogP contribution in [0.2, 0.25) is 5.02 Å². The molecule has 7 heteroatoms. The first-order valence-electron chi connectivity index (χ1n) is 8.46. The zero-order valence-corrected chi connectivity index (χ0v) is 15.3. The number of nitrogens with zero attached hydrogens (tertiary/aromatic N) is 4. The molecule has 1 amide bonds. The average molecular weight is 379 g/mol. The molecule has 1 aliphatic rings. The van der Waals surface area contributed by atoms with Gasteiger partial charge in [-0.2, -0.15) is 10.2 Å². The maximum Gasteiger partial charge on any atom is 0.257 e. The molecule has 3 aromatic rings. The van der Waals surface area contributed by atoms with Crippen LogP contribution in [0.15, 0.2) is 47.0 Å². The van der Waals surface area contributed by atoms with Crippen molar-refractivity contribution in [2.75, 3.05) is 11.4 Å². The third-order valence-electron chi connectivity index (χ3n) is 4.65. The molecule has 134 valence electrons. The second-order valence-electron chi connectivity index (χ2n) is 6.49. The SMILES string of the molecule is Cc1cc(N2CC(c3noc(-c4ccc(C#N)cc4)n3)CC2=O)ccc1Cl. The van der Waals surface area contributed by atoms with Crippen LogP contribution in [0.3, 0.4) is 0 Å². The fourth-order valence-corrected chi connectivity index (χ4v) is 3.25. The topological polar surface area (TPSA) is 83.0 Å². The number of hydrogen-bond donors (Lipinski definition) is 0. The third-order valence-corrected chi connectivity index (χ3v) is 5.07. The number of hydrogen-bond acceptors (Lipinski definition) is 5. The number of amides is 1. The number of carbonyl (C=O) groups excluding carboxylic acids is 1. The molecule has 2 heterocycles. The number of halogens is 1. The minimum atomic E-state index is -0.135. The maximum absolute atomic E-state index is 12.5. The zero-order chi connectivity index (χ0) is 19.0. The van der Waals surface area contributed by atoms with Gasteiger partial charge < -0.3 is 9.42 Å². The Balaban J connectivity index is 1.54. The molecule has 0 spiro atoms. The lowest BCUT2D eigenvalue weighted by Crippen LogP contribution is -2.24. The van der Waals surface area contributed by atoms with Gasteiger partial charge in [0.25, 0.3) is 5.89 Å². The molecule has 0 aliphatic carbocycles. The van der Waals surface area contributed by atoms with Crippen LogP contribution >= 0.6 is 11.6 Å². The van der Waals surface area contributed by atoms with E-state index < -0.39 is 0 Å². The van der Waals surface area contributed by atoms with Crippen molar-refractivity contribution in [3.8, 4) is 17.5 Å². The highest BCUT2D eigenvalue weighted by Gasteiger charge is 2.34. The van der Waals surface area contributed by atoms with E-state index in [2.05, 4.69) is 16.2 Å². The third kappa shape index (κ3) is 3.29. The highest BCUT2D eigenvalue weighted by Crippen LogP contribution is 2.33. The monoisotopic (exact) mass is 378 g/mol. The molecule has 0 bridgehead atoms. The summed E-state index contributed by atoms with van der Waals surface area (Å²) in [6, 6.07) is 14.5. The largest absolute Gasteiger partial charge is 0.334 e. The van der Waals surface area contributed by atoms with E-state index in [0.717, 1.165) is 16.8 Å². The number of aryl methyl sites for hydroxylation is 1. The Bertz CT molecular complexity index is 1050. The Kier molecular flexibility index (Phi) is 4.38. The molecule has 1 unspecified atom stereocenters. The summed E-state index contributed by atoms with van der Waals surface area (Å²) in [6.45, 7) is 2.40. The first-order chi connectivity index (χ1) is 13.0. The summed E-state index contributed by atoms with van der Waals surface area (Å²) in [6.07, 6.45) is 0.327. The van der Waals surface area contributed by atoms with Gasteiger partial charge in [0.15, 0.2) is 5.82 Å². The standard InChI is InChI=1S/C20H15ClN4O2/c1-12-8-16(6-7-17(12)21)25-11-15(9-18(25)26)19-23-20(27-24-19)14-4-2-13(10-22)3-5-14/h2-8,15H,9,11H2,1H3. The van der Waals surface area contributed by atoms with E-state index in [-0.39, 0.29) is 11.8 Å². The molecule has 27 heavy (non-hydrogen) atoms. The summed E-state index contributed by atoms with van der Waals surface area (Å²) in [7, 11) is 0. The fourth-order valence-electron chi connectivity index (χ4n) is 3.13. The first kappa shape index (κ1) is 17.3. The quantitative estimate of drug-likeness (QED) is 0.685. The number of anilines is 1. The average Bonchev–Trinajstić information content (AvgIpc) is 3.31. The number of aromatic nitrogens is 2. The van der Waals surface area contributed by atoms with Crippen molar-refractivity contribution in [2.24, 2.45) is 0 Å². The van der Waals surface area contributed by atoms with Gasteiger partial charge in [0.2, 0.25) is 5.91 Å². The molecule has 1 aliphatic heterocycles. The van der Waals surface area contributed by atoms with Crippen LogP contribution in [0.1, 0.15) is 29.3 Å². The van der Waals surface area contributed by atoms with E-state index in [9.17, 15) is 4.79 Å². The summed E-state index contributed by atoms with van der Waals surface area (Å²) >= 11 is 6.07. The van der Waals surface area contributed by atoms with Gasteiger partial charge in [-0.05, 0) is 55.0 Å². The maximum atomic E-state index is 12.5. The van der Waals surface area contributed by atoms with Crippen molar-refractivity contribution in [2.45, 2.75) is 19.3 Å². The van der Waals surface area contributed by atoms with Crippen LogP contribution in [0.25, 0.3) is 11.5 Å². The Labute approximate surface area is 161 Å². The molecule has 2 aromatic carbocycles. The molecule has 0 N–H and O–H groups in total. The molecule has 4 rings (SSSR count). The number of rotatable bonds is 3. The van der Waals surface area contributed by atoms with Crippen molar-refractivity contribution in [3.05, 3.63) is 64.4 Å². The van der Waals surface area contributed by atoms with Gasteiger partial charge in [-0.3, -0.25) is 4.79 Å². The molecule has 1 aromatic heterocycles. The van der Waals surface area contributed by atoms with Crippen molar-refractivity contribution in [1.29, 1.82) is 5.26 Å². The van der Waals surface area contributed by atoms with Crippen LogP contribution in [-0.4, -0.2) is 22.6 Å². The van der Waals surface area contributed by atoms with Crippen molar-refractivity contribution < 1.29 is 9.32 Å². The lowest BCUT2D eigenvalue weighted by Gasteiger charge is -2.17. The molecule has 6 nitrogen and oxygen atoms in total. The number of carbonyl (C=O) groups is 1. The Hall–Kier alpha value is -3.17. The zero-order valence-electron chi connectivity index (χ0n) is 14.5. The van der Waals surface area contributed by atoms with E-state index >= 15 is 0 Å². The first-order valence-corrected chi connectivity index (χ1v) is 8.83. The van der Waals surface area contributed by atoms with Crippen LogP contribution in [0, 0.1) is 18.3 Å². The molecule has 0 radical (unpaired) electrons. The molecule has 1 atom stereocenters. The van der Waals surface area contributed by atoms with Gasteiger partial charge in [0.1, 0.15) is 0 Å². The lowest BCUT2D eigenvalue weighted by molar-refractivity contribution is -0.117. The molecule has 1 saturated heterocycles. The highest BCUT2D eigenvalue weighted by molar-refractivity contribution is 6.31. The Morgan fingerprint density at radius 3 is 2.74 bits per heavy atom. The van der Waals surface area contributed by atoms with Crippen LogP contribution < -0.4 is 4.90 Å². The minimum absolute atomic E-state index is 0.0199. The number of nitriles is 1. The summed E-state index contributed by atoms with van der Waals surface area (Å²) in [5, 5.41) is 13.6. The van der Waals surface area contributed by atoms with E-state index in [4.69, 9.17) is 21.4 Å². The molecular formula is C20H15ClN4O2. The second-order valence-corrected chi connectivity index (χ2v) is 6.89. The summed E-state index contributed by atoms with van der Waals surface area (Å²) < 4.78 is 5.36. The molecular weight excluding hydrogens is 364 g/mol. The van der Waals surface area contributed by atoms with Crippen LogP contribution in [-0.2, 0) is 4.79 Å². The Morgan fingerprint density at radius 2 is 2.04 bits per heavy atom. The summed E-state index contributed by atoms with van der Waals surface area (Å²) in [5.74, 6) is 0.773.